The number of ether oxygens (including phenoxy) is 1. The molecular weight excluding hydrogens is 238 g/mol. The van der Waals surface area contributed by atoms with Crippen molar-refractivity contribution in [1.29, 1.82) is 0 Å². The molecule has 17 heavy (non-hydrogen) atoms. The summed E-state index contributed by atoms with van der Waals surface area (Å²) in [6.45, 7) is 4.79. The Morgan fingerprint density at radius 2 is 2.06 bits per heavy atom. The van der Waals surface area contributed by atoms with Crippen LogP contribution in [-0.4, -0.2) is 67.1 Å². The standard InChI is InChI=1S/C11H21N3O2S/c1-13(4-2-10(12)17)11(15)3-5-14-6-8-16-9-7-14/h2-9H2,1H3,(H2,12,17). The van der Waals surface area contributed by atoms with Crippen molar-refractivity contribution in [3.05, 3.63) is 0 Å². The monoisotopic (exact) mass is 259 g/mol. The first-order valence-corrected chi connectivity index (χ1v) is 6.33. The van der Waals surface area contributed by atoms with Crippen LogP contribution in [0.2, 0.25) is 0 Å². The molecule has 1 aliphatic rings. The first-order chi connectivity index (χ1) is 8.09. The summed E-state index contributed by atoms with van der Waals surface area (Å²) < 4.78 is 5.25. The van der Waals surface area contributed by atoms with E-state index in [0.717, 1.165) is 32.8 Å². The van der Waals surface area contributed by atoms with Gasteiger partial charge in [0.1, 0.15) is 0 Å². The molecule has 0 unspecified atom stereocenters. The number of rotatable bonds is 6. The van der Waals surface area contributed by atoms with E-state index in [9.17, 15) is 4.79 Å². The molecule has 1 fully saturated rings. The average Bonchev–Trinajstić information content (AvgIpc) is 2.34. The molecule has 0 bridgehead atoms. The van der Waals surface area contributed by atoms with E-state index in [1.807, 2.05) is 0 Å². The lowest BCUT2D eigenvalue weighted by Gasteiger charge is -2.27. The maximum Gasteiger partial charge on any atom is 0.223 e. The summed E-state index contributed by atoms with van der Waals surface area (Å²) in [6.07, 6.45) is 1.14. The van der Waals surface area contributed by atoms with Gasteiger partial charge in [0.2, 0.25) is 5.91 Å². The third-order valence-electron chi connectivity index (χ3n) is 2.86. The molecular formula is C11H21N3O2S. The summed E-state index contributed by atoms with van der Waals surface area (Å²) in [4.78, 5) is 16.2. The van der Waals surface area contributed by atoms with Crippen molar-refractivity contribution in [3.8, 4) is 0 Å². The van der Waals surface area contributed by atoms with Crippen molar-refractivity contribution >= 4 is 23.1 Å². The van der Waals surface area contributed by atoms with E-state index in [0.29, 0.717) is 24.4 Å². The van der Waals surface area contributed by atoms with Crippen molar-refractivity contribution < 1.29 is 9.53 Å². The highest BCUT2D eigenvalue weighted by molar-refractivity contribution is 7.80. The molecule has 2 N–H and O–H groups in total. The topological polar surface area (TPSA) is 58.8 Å². The van der Waals surface area contributed by atoms with Crippen LogP contribution in [0.1, 0.15) is 12.8 Å². The summed E-state index contributed by atoms with van der Waals surface area (Å²) in [5.41, 5.74) is 5.40. The van der Waals surface area contributed by atoms with Crippen LogP contribution in [0.4, 0.5) is 0 Å². The molecule has 1 aliphatic heterocycles. The van der Waals surface area contributed by atoms with Crippen LogP contribution in [0, 0.1) is 0 Å². The molecule has 5 nitrogen and oxygen atoms in total. The molecule has 0 aliphatic carbocycles. The smallest absolute Gasteiger partial charge is 0.223 e. The van der Waals surface area contributed by atoms with Crippen LogP contribution in [0.3, 0.4) is 0 Å². The second kappa shape index (κ2) is 7.58. The van der Waals surface area contributed by atoms with E-state index >= 15 is 0 Å². The van der Waals surface area contributed by atoms with Gasteiger partial charge in [0.05, 0.1) is 18.2 Å². The Hall–Kier alpha value is -0.720. The fourth-order valence-corrected chi connectivity index (χ4v) is 1.76. The van der Waals surface area contributed by atoms with Crippen molar-refractivity contribution in [1.82, 2.24) is 9.80 Å². The first-order valence-electron chi connectivity index (χ1n) is 5.92. The summed E-state index contributed by atoms with van der Waals surface area (Å²) in [6, 6.07) is 0. The molecule has 1 saturated heterocycles. The number of hydrogen-bond acceptors (Lipinski definition) is 4. The lowest BCUT2D eigenvalue weighted by atomic mass is 10.3. The maximum absolute atomic E-state index is 11.8. The number of morpholine rings is 1. The summed E-state index contributed by atoms with van der Waals surface area (Å²) in [5, 5.41) is 0. The Balaban J connectivity index is 2.16. The fraction of sp³-hybridized carbons (Fsp3) is 0.818. The highest BCUT2D eigenvalue weighted by atomic mass is 32.1. The Morgan fingerprint density at radius 1 is 1.41 bits per heavy atom. The molecule has 1 amide bonds. The number of amides is 1. The normalized spacial score (nSPS) is 16.8. The molecule has 0 radical (unpaired) electrons. The molecule has 0 spiro atoms. The minimum atomic E-state index is 0.146. The number of nitrogens with zero attached hydrogens (tertiary/aromatic N) is 2. The van der Waals surface area contributed by atoms with Crippen LogP contribution < -0.4 is 5.73 Å². The van der Waals surface area contributed by atoms with Crippen LogP contribution in [0.15, 0.2) is 0 Å². The van der Waals surface area contributed by atoms with Gasteiger partial charge in [0, 0.05) is 46.1 Å². The molecule has 0 aromatic heterocycles. The van der Waals surface area contributed by atoms with Gasteiger partial charge in [0.15, 0.2) is 0 Å². The quantitative estimate of drug-likeness (QED) is 0.672. The van der Waals surface area contributed by atoms with E-state index in [1.165, 1.54) is 0 Å². The Kier molecular flexibility index (Phi) is 6.39. The zero-order valence-electron chi connectivity index (χ0n) is 10.4. The number of hydrogen-bond donors (Lipinski definition) is 1. The molecule has 0 saturated carbocycles. The number of carbonyl (C=O) groups excluding carboxylic acids is 1. The number of carbonyl (C=O) groups is 1. The molecule has 1 heterocycles. The van der Waals surface area contributed by atoms with E-state index in [1.54, 1.807) is 11.9 Å². The van der Waals surface area contributed by atoms with Gasteiger partial charge >= 0.3 is 0 Å². The van der Waals surface area contributed by atoms with Gasteiger partial charge in [-0.2, -0.15) is 0 Å². The van der Waals surface area contributed by atoms with Crippen molar-refractivity contribution in [2.24, 2.45) is 5.73 Å². The van der Waals surface area contributed by atoms with E-state index in [4.69, 9.17) is 22.7 Å². The highest BCUT2D eigenvalue weighted by Gasteiger charge is 2.14. The maximum atomic E-state index is 11.8. The van der Waals surface area contributed by atoms with Gasteiger partial charge < -0.3 is 15.4 Å². The lowest BCUT2D eigenvalue weighted by molar-refractivity contribution is -0.130. The summed E-state index contributed by atoms with van der Waals surface area (Å²) in [7, 11) is 1.79. The van der Waals surface area contributed by atoms with Gasteiger partial charge in [-0.15, -0.1) is 0 Å². The van der Waals surface area contributed by atoms with Crippen LogP contribution in [0.5, 0.6) is 0 Å². The SMILES string of the molecule is CN(CCC(N)=S)C(=O)CCN1CCOCC1. The average molecular weight is 259 g/mol. The minimum absolute atomic E-state index is 0.146. The number of thiocarbonyl (C=S) groups is 1. The van der Waals surface area contributed by atoms with E-state index in [2.05, 4.69) is 4.90 Å². The van der Waals surface area contributed by atoms with Gasteiger partial charge in [0.25, 0.3) is 0 Å². The molecule has 0 aromatic carbocycles. The van der Waals surface area contributed by atoms with Crippen molar-refractivity contribution in [2.75, 3.05) is 46.4 Å². The number of nitrogens with two attached hydrogens (primary N) is 1. The first kappa shape index (κ1) is 14.3. The fourth-order valence-electron chi connectivity index (χ4n) is 1.67. The Bertz CT molecular complexity index is 267. The molecule has 98 valence electrons. The predicted octanol–water partition coefficient (Wildman–Crippen LogP) is -0.157. The third-order valence-corrected chi connectivity index (χ3v) is 3.07. The molecule has 6 heteroatoms. The Morgan fingerprint density at radius 3 is 2.65 bits per heavy atom. The zero-order chi connectivity index (χ0) is 12.7. The van der Waals surface area contributed by atoms with Crippen LogP contribution in [-0.2, 0) is 9.53 Å². The van der Waals surface area contributed by atoms with Gasteiger partial charge in [-0.05, 0) is 0 Å². The summed E-state index contributed by atoms with van der Waals surface area (Å²) in [5.74, 6) is 0.146. The zero-order valence-corrected chi connectivity index (χ0v) is 11.2. The van der Waals surface area contributed by atoms with Crippen LogP contribution in [0.25, 0.3) is 0 Å². The third kappa shape index (κ3) is 5.95. The molecule has 1 rings (SSSR count). The molecule has 0 aromatic rings. The van der Waals surface area contributed by atoms with E-state index < -0.39 is 0 Å². The minimum Gasteiger partial charge on any atom is -0.393 e. The highest BCUT2D eigenvalue weighted by Crippen LogP contribution is 2.00. The van der Waals surface area contributed by atoms with Crippen molar-refractivity contribution in [3.63, 3.8) is 0 Å². The lowest BCUT2D eigenvalue weighted by Crippen LogP contribution is -2.39. The van der Waals surface area contributed by atoms with Gasteiger partial charge in [-0.3, -0.25) is 9.69 Å². The Labute approximate surface area is 108 Å². The van der Waals surface area contributed by atoms with Crippen LogP contribution >= 0.6 is 12.2 Å². The second-order valence-corrected chi connectivity index (χ2v) is 4.76. The molecule has 0 atom stereocenters. The van der Waals surface area contributed by atoms with E-state index in [-0.39, 0.29) is 5.91 Å². The second-order valence-electron chi connectivity index (χ2n) is 4.24. The predicted molar refractivity (Wildman–Crippen MR) is 70.9 cm³/mol. The van der Waals surface area contributed by atoms with Gasteiger partial charge in [-0.25, -0.2) is 0 Å². The largest absolute Gasteiger partial charge is 0.393 e. The summed E-state index contributed by atoms with van der Waals surface area (Å²) >= 11 is 4.79. The van der Waals surface area contributed by atoms with Gasteiger partial charge in [-0.1, -0.05) is 12.2 Å². The van der Waals surface area contributed by atoms with Crippen molar-refractivity contribution in [2.45, 2.75) is 12.8 Å².